The highest BCUT2D eigenvalue weighted by Gasteiger charge is 2.23. The van der Waals surface area contributed by atoms with Crippen molar-refractivity contribution in [2.24, 2.45) is 0 Å². The van der Waals surface area contributed by atoms with E-state index < -0.39 is 0 Å². The molecular formula is C14H29NO2. The van der Waals surface area contributed by atoms with E-state index in [-0.39, 0.29) is 0 Å². The zero-order valence-corrected chi connectivity index (χ0v) is 11.9. The van der Waals surface area contributed by atoms with E-state index in [9.17, 15) is 0 Å². The van der Waals surface area contributed by atoms with Gasteiger partial charge < -0.3 is 14.8 Å². The van der Waals surface area contributed by atoms with Gasteiger partial charge in [-0.1, -0.05) is 6.92 Å². The van der Waals surface area contributed by atoms with Gasteiger partial charge in [0.15, 0.2) is 0 Å². The minimum atomic E-state index is 0.296. The SMILES string of the molecule is CCC(C)NCC(C)OC1CCCC(OC)C1. The van der Waals surface area contributed by atoms with Crippen molar-refractivity contribution in [3.8, 4) is 0 Å². The van der Waals surface area contributed by atoms with Crippen LogP contribution in [0.1, 0.15) is 52.9 Å². The smallest absolute Gasteiger partial charge is 0.0675 e. The largest absolute Gasteiger partial charge is 0.381 e. The van der Waals surface area contributed by atoms with Gasteiger partial charge in [0, 0.05) is 19.7 Å². The van der Waals surface area contributed by atoms with Crippen molar-refractivity contribution in [2.75, 3.05) is 13.7 Å². The van der Waals surface area contributed by atoms with Crippen molar-refractivity contribution in [1.82, 2.24) is 5.32 Å². The predicted molar refractivity (Wildman–Crippen MR) is 71.4 cm³/mol. The highest BCUT2D eigenvalue weighted by molar-refractivity contribution is 4.75. The molecule has 0 bridgehead atoms. The van der Waals surface area contributed by atoms with Gasteiger partial charge in [-0.15, -0.1) is 0 Å². The van der Waals surface area contributed by atoms with Gasteiger partial charge in [0.2, 0.25) is 0 Å². The first-order chi connectivity index (χ1) is 8.15. The molecule has 0 aromatic rings. The molecule has 1 fully saturated rings. The standard InChI is InChI=1S/C14H29NO2/c1-5-11(2)15-10-12(3)17-14-8-6-7-13(9-14)16-4/h11-15H,5-10H2,1-4H3. The Bertz CT molecular complexity index is 199. The van der Waals surface area contributed by atoms with Crippen LogP contribution in [0.2, 0.25) is 0 Å². The Hall–Kier alpha value is -0.120. The number of methoxy groups -OCH3 is 1. The second kappa shape index (κ2) is 8.06. The maximum absolute atomic E-state index is 6.08. The lowest BCUT2D eigenvalue weighted by atomic mass is 9.95. The zero-order valence-electron chi connectivity index (χ0n) is 11.9. The fourth-order valence-electron chi connectivity index (χ4n) is 2.33. The van der Waals surface area contributed by atoms with Gasteiger partial charge in [-0.2, -0.15) is 0 Å². The Morgan fingerprint density at radius 1 is 1.24 bits per heavy atom. The van der Waals surface area contributed by atoms with Gasteiger partial charge in [-0.3, -0.25) is 0 Å². The number of ether oxygens (including phenoxy) is 2. The third-order valence-corrected chi connectivity index (χ3v) is 3.70. The molecular weight excluding hydrogens is 214 g/mol. The van der Waals surface area contributed by atoms with Crippen LogP contribution in [-0.4, -0.2) is 38.0 Å². The Kier molecular flexibility index (Phi) is 7.09. The first-order valence-corrected chi connectivity index (χ1v) is 7.07. The fraction of sp³-hybridized carbons (Fsp3) is 1.00. The van der Waals surface area contributed by atoms with Crippen molar-refractivity contribution in [3.63, 3.8) is 0 Å². The highest BCUT2D eigenvalue weighted by atomic mass is 16.5. The fourth-order valence-corrected chi connectivity index (χ4v) is 2.33. The van der Waals surface area contributed by atoms with Crippen LogP contribution < -0.4 is 5.32 Å². The van der Waals surface area contributed by atoms with Crippen molar-refractivity contribution < 1.29 is 9.47 Å². The first-order valence-electron chi connectivity index (χ1n) is 7.07. The van der Waals surface area contributed by atoms with E-state index in [2.05, 4.69) is 26.1 Å². The molecule has 0 spiro atoms. The molecule has 0 aromatic heterocycles. The molecule has 4 unspecified atom stereocenters. The topological polar surface area (TPSA) is 30.5 Å². The average molecular weight is 243 g/mol. The molecule has 1 N–H and O–H groups in total. The first kappa shape index (κ1) is 14.9. The maximum Gasteiger partial charge on any atom is 0.0675 e. The molecule has 1 saturated carbocycles. The lowest BCUT2D eigenvalue weighted by Crippen LogP contribution is -2.37. The van der Waals surface area contributed by atoms with Gasteiger partial charge in [0.25, 0.3) is 0 Å². The molecule has 0 aromatic carbocycles. The monoisotopic (exact) mass is 243 g/mol. The van der Waals surface area contributed by atoms with Crippen LogP contribution in [0.3, 0.4) is 0 Å². The Morgan fingerprint density at radius 3 is 2.59 bits per heavy atom. The molecule has 4 atom stereocenters. The molecule has 0 amide bonds. The summed E-state index contributed by atoms with van der Waals surface area (Å²) in [5, 5.41) is 3.49. The van der Waals surface area contributed by atoms with Crippen LogP contribution >= 0.6 is 0 Å². The zero-order chi connectivity index (χ0) is 12.7. The van der Waals surface area contributed by atoms with Crippen LogP contribution in [0.25, 0.3) is 0 Å². The van der Waals surface area contributed by atoms with Crippen LogP contribution in [0.4, 0.5) is 0 Å². The Labute approximate surface area is 106 Å². The van der Waals surface area contributed by atoms with E-state index in [4.69, 9.17) is 9.47 Å². The summed E-state index contributed by atoms with van der Waals surface area (Å²) in [7, 11) is 1.81. The van der Waals surface area contributed by atoms with Crippen molar-refractivity contribution in [1.29, 1.82) is 0 Å². The highest BCUT2D eigenvalue weighted by Crippen LogP contribution is 2.23. The lowest BCUT2D eigenvalue weighted by Gasteiger charge is -2.30. The van der Waals surface area contributed by atoms with Crippen LogP contribution in [0.15, 0.2) is 0 Å². The summed E-state index contributed by atoms with van der Waals surface area (Å²) < 4.78 is 11.5. The van der Waals surface area contributed by atoms with Gasteiger partial charge in [-0.25, -0.2) is 0 Å². The van der Waals surface area contributed by atoms with E-state index in [0.29, 0.717) is 24.4 Å². The molecule has 1 aliphatic rings. The quantitative estimate of drug-likeness (QED) is 0.746. The summed E-state index contributed by atoms with van der Waals surface area (Å²) >= 11 is 0. The molecule has 17 heavy (non-hydrogen) atoms. The van der Waals surface area contributed by atoms with Crippen molar-refractivity contribution in [2.45, 2.75) is 77.2 Å². The van der Waals surface area contributed by atoms with Gasteiger partial charge >= 0.3 is 0 Å². The van der Waals surface area contributed by atoms with Crippen LogP contribution in [0.5, 0.6) is 0 Å². The summed E-state index contributed by atoms with van der Waals surface area (Å²) in [6, 6.07) is 0.583. The van der Waals surface area contributed by atoms with E-state index in [1.165, 1.54) is 25.7 Å². The molecule has 3 heteroatoms. The molecule has 3 nitrogen and oxygen atoms in total. The van der Waals surface area contributed by atoms with Gasteiger partial charge in [-0.05, 0) is 46.0 Å². The Morgan fingerprint density at radius 2 is 1.94 bits per heavy atom. The van der Waals surface area contributed by atoms with Crippen LogP contribution in [-0.2, 0) is 9.47 Å². The van der Waals surface area contributed by atoms with Crippen molar-refractivity contribution in [3.05, 3.63) is 0 Å². The molecule has 0 heterocycles. The maximum atomic E-state index is 6.08. The predicted octanol–water partition coefficient (Wildman–Crippen LogP) is 2.74. The van der Waals surface area contributed by atoms with E-state index in [1.807, 2.05) is 0 Å². The summed E-state index contributed by atoms with van der Waals surface area (Å²) in [5.41, 5.74) is 0. The van der Waals surface area contributed by atoms with Crippen LogP contribution in [0, 0.1) is 0 Å². The second-order valence-electron chi connectivity index (χ2n) is 5.31. The summed E-state index contributed by atoms with van der Waals surface area (Å²) in [6.07, 6.45) is 6.93. The lowest BCUT2D eigenvalue weighted by molar-refractivity contribution is -0.0585. The minimum absolute atomic E-state index is 0.296. The third-order valence-electron chi connectivity index (χ3n) is 3.70. The molecule has 1 aliphatic carbocycles. The van der Waals surface area contributed by atoms with Crippen molar-refractivity contribution >= 4 is 0 Å². The number of hydrogen-bond acceptors (Lipinski definition) is 3. The number of hydrogen-bond donors (Lipinski definition) is 1. The minimum Gasteiger partial charge on any atom is -0.381 e. The summed E-state index contributed by atoms with van der Waals surface area (Å²) in [6.45, 7) is 7.52. The summed E-state index contributed by atoms with van der Waals surface area (Å²) in [5.74, 6) is 0. The normalized spacial score (nSPS) is 28.9. The number of nitrogens with one attached hydrogen (secondary N) is 1. The third kappa shape index (κ3) is 5.84. The van der Waals surface area contributed by atoms with Gasteiger partial charge in [0.1, 0.15) is 0 Å². The van der Waals surface area contributed by atoms with E-state index >= 15 is 0 Å². The molecule has 0 saturated heterocycles. The van der Waals surface area contributed by atoms with E-state index in [0.717, 1.165) is 13.0 Å². The number of rotatable bonds is 7. The molecule has 102 valence electrons. The van der Waals surface area contributed by atoms with E-state index in [1.54, 1.807) is 7.11 Å². The average Bonchev–Trinajstić information content (AvgIpc) is 2.36. The molecule has 1 rings (SSSR count). The second-order valence-corrected chi connectivity index (χ2v) is 5.31. The Balaban J connectivity index is 2.18. The summed E-state index contributed by atoms with van der Waals surface area (Å²) in [4.78, 5) is 0. The molecule has 0 radical (unpaired) electrons. The van der Waals surface area contributed by atoms with Gasteiger partial charge in [0.05, 0.1) is 18.3 Å². The molecule has 0 aliphatic heterocycles.